The van der Waals surface area contributed by atoms with Crippen LogP contribution >= 0.6 is 0 Å². The predicted octanol–water partition coefficient (Wildman–Crippen LogP) is 6.77. The maximum absolute atomic E-state index is 14.4. The number of rotatable bonds is 17. The van der Waals surface area contributed by atoms with Crippen molar-refractivity contribution in [3.63, 3.8) is 0 Å². The fourth-order valence-electron chi connectivity index (χ4n) is 7.17. The number of nitrogens with zero attached hydrogens (tertiary/aromatic N) is 3. The van der Waals surface area contributed by atoms with Crippen LogP contribution in [-0.4, -0.2) is 72.0 Å². The van der Waals surface area contributed by atoms with Crippen LogP contribution in [0.25, 0.3) is 0 Å². The molecule has 2 amide bonds. The van der Waals surface area contributed by atoms with Crippen molar-refractivity contribution < 1.29 is 46.9 Å². The van der Waals surface area contributed by atoms with Crippen molar-refractivity contribution >= 4 is 23.9 Å². The molecule has 15 heteroatoms. The van der Waals surface area contributed by atoms with Crippen LogP contribution in [0.5, 0.6) is 5.75 Å². The van der Waals surface area contributed by atoms with Gasteiger partial charge >= 0.3 is 6.16 Å². The fourth-order valence-corrected chi connectivity index (χ4v) is 7.17. The molecule has 2 aromatic rings. The van der Waals surface area contributed by atoms with Crippen molar-refractivity contribution in [3.05, 3.63) is 63.1 Å². The van der Waals surface area contributed by atoms with E-state index >= 15 is 0 Å². The zero-order valence-electron chi connectivity index (χ0n) is 30.8. The van der Waals surface area contributed by atoms with Crippen molar-refractivity contribution in [2.24, 2.45) is 5.16 Å². The zero-order chi connectivity index (χ0) is 38.0. The summed E-state index contributed by atoms with van der Waals surface area (Å²) in [7, 11) is 1.47. The molecule has 3 atom stereocenters. The van der Waals surface area contributed by atoms with E-state index < -0.39 is 64.8 Å². The average Bonchev–Trinajstić information content (AvgIpc) is 3.52. The highest BCUT2D eigenvalue weighted by Crippen LogP contribution is 2.46. The SMILES string of the molecule is CCCCCCCCCCCCOC(=O)OCOc1c2n(cc(C(=O)NCc3ccc(F)cc3F)c1=O)[C@@H]1CN(C2=O)[C@@H](C)CC[C@]12CC(OC)=NO2. The van der Waals surface area contributed by atoms with Gasteiger partial charge in [0, 0.05) is 37.0 Å². The molecule has 290 valence electrons. The molecule has 0 saturated carbocycles. The lowest BCUT2D eigenvalue weighted by atomic mass is 9.85. The molecule has 1 aromatic carbocycles. The number of nitrogens with one attached hydrogen (secondary N) is 1. The second-order valence-corrected chi connectivity index (χ2v) is 13.9. The Hall–Kier alpha value is -4.69. The van der Waals surface area contributed by atoms with Gasteiger partial charge in [-0.1, -0.05) is 75.9 Å². The number of aromatic nitrogens is 1. The second-order valence-electron chi connectivity index (χ2n) is 13.9. The Balaban J connectivity index is 1.31. The predicted molar refractivity (Wildman–Crippen MR) is 190 cm³/mol. The Morgan fingerprint density at radius 2 is 1.75 bits per heavy atom. The molecule has 1 aromatic heterocycles. The van der Waals surface area contributed by atoms with E-state index in [1.807, 2.05) is 6.92 Å². The Morgan fingerprint density at radius 1 is 1.04 bits per heavy atom. The van der Waals surface area contributed by atoms with Gasteiger partial charge in [-0.25, -0.2) is 13.6 Å². The Kier molecular flexibility index (Phi) is 13.7. The lowest BCUT2D eigenvalue weighted by Crippen LogP contribution is -2.52. The molecule has 3 aliphatic heterocycles. The summed E-state index contributed by atoms with van der Waals surface area (Å²) in [6.45, 7) is 3.27. The lowest BCUT2D eigenvalue weighted by Gasteiger charge is -2.42. The third-order valence-electron chi connectivity index (χ3n) is 10.3. The number of hydrogen-bond donors (Lipinski definition) is 1. The molecule has 1 N–H and O–H groups in total. The summed E-state index contributed by atoms with van der Waals surface area (Å²) in [4.78, 5) is 61.6. The summed E-state index contributed by atoms with van der Waals surface area (Å²) in [5, 5.41) is 6.61. The fraction of sp³-hybridized carbons (Fsp3) is 0.605. The molecule has 1 spiro atoms. The molecule has 0 radical (unpaired) electrons. The first-order valence-corrected chi connectivity index (χ1v) is 18.6. The zero-order valence-corrected chi connectivity index (χ0v) is 30.8. The normalized spacial score (nSPS) is 20.3. The first kappa shape index (κ1) is 39.5. The lowest BCUT2D eigenvalue weighted by molar-refractivity contribution is -0.0658. The molecule has 2 bridgehead atoms. The third kappa shape index (κ3) is 9.46. The molecule has 13 nitrogen and oxygen atoms in total. The van der Waals surface area contributed by atoms with Crippen molar-refractivity contribution in [2.45, 2.75) is 122 Å². The van der Waals surface area contributed by atoms with Crippen molar-refractivity contribution in [1.82, 2.24) is 14.8 Å². The summed E-state index contributed by atoms with van der Waals surface area (Å²) < 4.78 is 50.7. The van der Waals surface area contributed by atoms with Crippen LogP contribution in [0, 0.1) is 11.6 Å². The van der Waals surface area contributed by atoms with E-state index in [2.05, 4.69) is 17.4 Å². The van der Waals surface area contributed by atoms with Crippen LogP contribution in [0.3, 0.4) is 0 Å². The number of methoxy groups -OCH3 is 1. The molecule has 4 heterocycles. The average molecular weight is 745 g/mol. The number of amides is 2. The number of carbonyl (C=O) groups is 3. The van der Waals surface area contributed by atoms with Gasteiger partial charge in [0.1, 0.15) is 17.2 Å². The van der Waals surface area contributed by atoms with Crippen molar-refractivity contribution in [1.29, 1.82) is 0 Å². The van der Waals surface area contributed by atoms with Crippen LogP contribution in [0.1, 0.15) is 130 Å². The van der Waals surface area contributed by atoms with E-state index in [9.17, 15) is 28.0 Å². The molecule has 0 unspecified atom stereocenters. The van der Waals surface area contributed by atoms with Gasteiger partial charge in [0.15, 0.2) is 11.3 Å². The van der Waals surface area contributed by atoms with Crippen LogP contribution in [0.2, 0.25) is 0 Å². The maximum atomic E-state index is 14.4. The number of halogens is 2. The van der Waals surface area contributed by atoms with Gasteiger partial charge in [-0.3, -0.25) is 14.4 Å². The van der Waals surface area contributed by atoms with E-state index in [0.717, 1.165) is 25.3 Å². The summed E-state index contributed by atoms with van der Waals surface area (Å²) in [5.41, 5.74) is -2.53. The number of ether oxygens (including phenoxy) is 4. The first-order valence-electron chi connectivity index (χ1n) is 18.6. The minimum atomic E-state index is -1.01. The molecule has 5 rings (SSSR count). The molecular formula is C38H50F2N4O9. The van der Waals surface area contributed by atoms with Gasteiger partial charge in [-0.05, 0) is 32.3 Å². The molecule has 53 heavy (non-hydrogen) atoms. The number of fused-ring (bicyclic) bond motifs is 5. The number of carbonyl (C=O) groups excluding carboxylic acids is 3. The van der Waals surface area contributed by atoms with Gasteiger partial charge in [-0.2, -0.15) is 0 Å². The van der Waals surface area contributed by atoms with Gasteiger partial charge in [-0.15, -0.1) is 0 Å². The third-order valence-corrected chi connectivity index (χ3v) is 10.3. The Morgan fingerprint density at radius 3 is 2.43 bits per heavy atom. The van der Waals surface area contributed by atoms with Crippen molar-refractivity contribution in [2.75, 3.05) is 27.1 Å². The minimum Gasteiger partial charge on any atom is -0.482 e. The van der Waals surface area contributed by atoms with Crippen LogP contribution in [0.15, 0.2) is 34.3 Å². The molecule has 0 aliphatic carbocycles. The van der Waals surface area contributed by atoms with Crippen molar-refractivity contribution in [3.8, 4) is 5.75 Å². The molecule has 1 fully saturated rings. The summed E-state index contributed by atoms with van der Waals surface area (Å²) in [5.74, 6) is -3.23. The smallest absolute Gasteiger partial charge is 0.482 e. The number of unbranched alkanes of at least 4 members (excludes halogenated alkanes) is 9. The summed E-state index contributed by atoms with van der Waals surface area (Å²) >= 11 is 0. The van der Waals surface area contributed by atoms with E-state index in [0.29, 0.717) is 31.2 Å². The van der Waals surface area contributed by atoms with Crippen LogP contribution in [0.4, 0.5) is 13.6 Å². The molecule has 1 saturated heterocycles. The van der Waals surface area contributed by atoms with E-state index in [1.165, 1.54) is 62.5 Å². The van der Waals surface area contributed by atoms with Gasteiger partial charge in [0.05, 0.1) is 26.2 Å². The Labute approximate surface area is 307 Å². The second kappa shape index (κ2) is 18.4. The highest BCUT2D eigenvalue weighted by Gasteiger charge is 2.55. The highest BCUT2D eigenvalue weighted by molar-refractivity contribution is 5.99. The minimum absolute atomic E-state index is 0.00914. The van der Waals surface area contributed by atoms with E-state index in [-0.39, 0.29) is 43.4 Å². The number of pyridine rings is 1. The maximum Gasteiger partial charge on any atom is 0.511 e. The number of benzene rings is 1. The topological polar surface area (TPSA) is 147 Å². The van der Waals surface area contributed by atoms with E-state index in [1.54, 1.807) is 4.90 Å². The molecular weight excluding hydrogens is 694 g/mol. The van der Waals surface area contributed by atoms with Gasteiger partial charge in [0.25, 0.3) is 11.8 Å². The Bertz CT molecular complexity index is 1720. The first-order chi connectivity index (χ1) is 25.6. The summed E-state index contributed by atoms with van der Waals surface area (Å²) in [6, 6.07) is 2.02. The number of oxime groups is 1. The molecule has 3 aliphatic rings. The van der Waals surface area contributed by atoms with Crippen LogP contribution < -0.4 is 15.5 Å². The quantitative estimate of drug-likeness (QED) is 0.105. The highest BCUT2D eigenvalue weighted by atomic mass is 19.1. The summed E-state index contributed by atoms with van der Waals surface area (Å²) in [6.07, 6.45) is 12.8. The largest absolute Gasteiger partial charge is 0.511 e. The standard InChI is InChI=1S/C38H50F2N4O9/c1-4-5-6-7-8-9-10-11-12-13-18-50-37(48)52-24-51-34-32-36(47)43-23-30(38(17-16-25(43)2)20-31(49-3)42-53-38)44(32)22-28(33(34)45)35(46)41-21-26-14-15-27(39)19-29(26)40/h14-15,19,22,25,30H,4-13,16-18,20-21,23-24H2,1-3H3,(H,41,46)/t25-,30+,38-/m0/s1. The van der Waals surface area contributed by atoms with Gasteiger partial charge < -0.3 is 38.6 Å². The van der Waals surface area contributed by atoms with Gasteiger partial charge in [0.2, 0.25) is 23.9 Å². The van der Waals surface area contributed by atoms with E-state index in [4.69, 9.17) is 23.8 Å². The van der Waals surface area contributed by atoms with Crippen LogP contribution in [-0.2, 0) is 25.6 Å². The number of hydrogen-bond acceptors (Lipinski definition) is 10. The monoisotopic (exact) mass is 744 g/mol.